The maximum atomic E-state index is 12.6. The number of aliphatic hydroxyl groups is 1. The zero-order chi connectivity index (χ0) is 19.5. The third-order valence-electron chi connectivity index (χ3n) is 3.98. The number of nitrogens with one attached hydrogen (secondary N) is 1. The topological polar surface area (TPSA) is 120 Å². The Labute approximate surface area is 151 Å². The first-order valence-corrected chi connectivity index (χ1v) is 10.1. The molecule has 0 aliphatic carbocycles. The molecule has 1 saturated heterocycles. The van der Waals surface area contributed by atoms with Crippen molar-refractivity contribution in [1.29, 1.82) is 0 Å². The van der Waals surface area contributed by atoms with Gasteiger partial charge in [-0.1, -0.05) is 0 Å². The molecule has 0 amide bonds. The summed E-state index contributed by atoms with van der Waals surface area (Å²) in [5.41, 5.74) is -0.240. The van der Waals surface area contributed by atoms with Crippen molar-refractivity contribution >= 4 is 7.60 Å². The summed E-state index contributed by atoms with van der Waals surface area (Å²) >= 11 is 0. The molecule has 146 valence electrons. The van der Waals surface area contributed by atoms with Gasteiger partial charge in [-0.2, -0.15) is 0 Å². The lowest BCUT2D eigenvalue weighted by Gasteiger charge is -2.19. The lowest BCUT2D eigenvalue weighted by Crippen LogP contribution is -2.33. The van der Waals surface area contributed by atoms with E-state index in [1.165, 1.54) is 16.6 Å². The number of aliphatic hydroxyl groups excluding tert-OH is 1. The molecular weight excluding hydrogens is 363 g/mol. The van der Waals surface area contributed by atoms with Crippen LogP contribution >= 0.6 is 7.60 Å². The summed E-state index contributed by atoms with van der Waals surface area (Å²) in [6.07, 6.45) is -0.888. The van der Waals surface area contributed by atoms with Crippen LogP contribution in [0.25, 0.3) is 0 Å². The molecular formula is C16H25N2O7P. The largest absolute Gasteiger partial charge is 0.390 e. The van der Waals surface area contributed by atoms with Crippen molar-refractivity contribution in [3.8, 4) is 0 Å². The van der Waals surface area contributed by atoms with Gasteiger partial charge in [0.1, 0.15) is 12.3 Å². The maximum absolute atomic E-state index is 12.6. The maximum Gasteiger partial charge on any atom is 0.354 e. The van der Waals surface area contributed by atoms with E-state index in [0.717, 1.165) is 0 Å². The molecule has 10 heteroatoms. The Morgan fingerprint density at radius 1 is 1.42 bits per heavy atom. The molecule has 1 unspecified atom stereocenters. The van der Waals surface area contributed by atoms with Crippen LogP contribution in [0, 0.1) is 6.92 Å². The molecule has 1 aromatic heterocycles. The fraction of sp³-hybridized carbons (Fsp3) is 0.625. The second-order valence-corrected chi connectivity index (χ2v) is 7.90. The normalized spacial score (nSPS) is 24.2. The highest BCUT2D eigenvalue weighted by Gasteiger charge is 2.37. The molecule has 2 heterocycles. The average molecular weight is 388 g/mol. The number of hydrogen-bond donors (Lipinski definition) is 2. The third-order valence-corrected chi connectivity index (χ3v) is 5.94. The number of hydrogen-bond acceptors (Lipinski definition) is 7. The van der Waals surface area contributed by atoms with E-state index in [2.05, 4.69) is 4.98 Å². The first-order chi connectivity index (χ1) is 12.2. The number of ether oxygens (including phenoxy) is 1. The van der Waals surface area contributed by atoms with Crippen LogP contribution in [0.4, 0.5) is 0 Å². The van der Waals surface area contributed by atoms with Crippen molar-refractivity contribution in [3.63, 3.8) is 0 Å². The first-order valence-electron chi connectivity index (χ1n) is 8.44. The molecule has 1 fully saturated rings. The molecule has 2 rings (SSSR count). The van der Waals surface area contributed by atoms with Crippen LogP contribution in [-0.4, -0.2) is 40.1 Å². The van der Waals surface area contributed by atoms with Crippen LogP contribution in [0.3, 0.4) is 0 Å². The highest BCUT2D eigenvalue weighted by molar-refractivity contribution is 7.57. The summed E-state index contributed by atoms with van der Waals surface area (Å²) in [6, 6.07) is 0. The summed E-state index contributed by atoms with van der Waals surface area (Å²) in [7, 11) is -3.44. The summed E-state index contributed by atoms with van der Waals surface area (Å²) < 4.78 is 30.1. The number of aryl methyl sites for hydroxylation is 1. The highest BCUT2D eigenvalue weighted by atomic mass is 31.2. The molecule has 1 aliphatic rings. The van der Waals surface area contributed by atoms with Gasteiger partial charge >= 0.3 is 13.3 Å². The molecule has 3 atom stereocenters. The molecule has 0 radical (unpaired) electrons. The van der Waals surface area contributed by atoms with E-state index in [4.69, 9.17) is 13.8 Å². The third kappa shape index (κ3) is 4.61. The smallest absolute Gasteiger partial charge is 0.354 e. The van der Waals surface area contributed by atoms with E-state index in [1.54, 1.807) is 27.7 Å². The lowest BCUT2D eigenvalue weighted by molar-refractivity contribution is -0.00107. The Hall–Kier alpha value is -1.51. The van der Waals surface area contributed by atoms with Crippen LogP contribution in [0.2, 0.25) is 0 Å². The van der Waals surface area contributed by atoms with E-state index in [0.29, 0.717) is 11.1 Å². The standard InChI is InChI=1S/C16H25N2O7P/c1-5-23-26(22,24-6-2)9-11(4)14-12(19)7-13(25-14)18-8-10(3)15(20)17-16(18)21/h8-9,12-14,19H,5-7H2,1-4H3,(H,17,20,21)/b11-9+/t12?,13-,14-/m1/s1. The number of aromatic amines is 1. The van der Waals surface area contributed by atoms with Crippen LogP contribution in [0.1, 0.15) is 39.0 Å². The molecule has 1 aliphatic heterocycles. The van der Waals surface area contributed by atoms with E-state index in [1.807, 2.05) is 0 Å². The fourth-order valence-corrected chi connectivity index (χ4v) is 4.42. The van der Waals surface area contributed by atoms with Gasteiger partial charge in [0.15, 0.2) is 0 Å². The van der Waals surface area contributed by atoms with Crippen molar-refractivity contribution in [2.24, 2.45) is 0 Å². The van der Waals surface area contributed by atoms with E-state index < -0.39 is 37.3 Å². The van der Waals surface area contributed by atoms with Gasteiger partial charge in [-0.25, -0.2) is 4.79 Å². The van der Waals surface area contributed by atoms with Gasteiger partial charge in [-0.05, 0) is 33.3 Å². The summed E-state index contributed by atoms with van der Waals surface area (Å²) in [4.78, 5) is 25.7. The van der Waals surface area contributed by atoms with E-state index in [-0.39, 0.29) is 19.6 Å². The second kappa shape index (κ2) is 8.45. The molecule has 0 aromatic carbocycles. The molecule has 26 heavy (non-hydrogen) atoms. The second-order valence-electron chi connectivity index (χ2n) is 6.04. The first kappa shape index (κ1) is 20.8. The Kier molecular flexibility index (Phi) is 6.76. The molecule has 0 spiro atoms. The quantitative estimate of drug-likeness (QED) is 0.682. The van der Waals surface area contributed by atoms with Gasteiger partial charge < -0.3 is 18.9 Å². The molecule has 2 N–H and O–H groups in total. The predicted octanol–water partition coefficient (Wildman–Crippen LogP) is 1.66. The summed E-state index contributed by atoms with van der Waals surface area (Å²) in [6.45, 7) is 7.06. The molecule has 0 saturated carbocycles. The predicted molar refractivity (Wildman–Crippen MR) is 95.2 cm³/mol. The van der Waals surface area contributed by atoms with Crippen molar-refractivity contribution in [2.45, 2.75) is 52.6 Å². The molecule has 9 nitrogen and oxygen atoms in total. The van der Waals surface area contributed by atoms with Gasteiger partial charge in [0.05, 0.1) is 19.3 Å². The van der Waals surface area contributed by atoms with Crippen LogP contribution in [0.5, 0.6) is 0 Å². The average Bonchev–Trinajstić information content (AvgIpc) is 2.93. The van der Waals surface area contributed by atoms with Crippen molar-refractivity contribution in [2.75, 3.05) is 13.2 Å². The van der Waals surface area contributed by atoms with Crippen LogP contribution < -0.4 is 11.2 Å². The zero-order valence-electron chi connectivity index (χ0n) is 15.3. The highest BCUT2D eigenvalue weighted by Crippen LogP contribution is 2.51. The zero-order valence-corrected chi connectivity index (χ0v) is 16.2. The Bertz CT molecular complexity index is 819. The van der Waals surface area contributed by atoms with E-state index >= 15 is 0 Å². The number of aromatic nitrogens is 2. The lowest BCUT2D eigenvalue weighted by atomic mass is 10.1. The number of H-pyrrole nitrogens is 1. The minimum absolute atomic E-state index is 0.148. The number of nitrogens with zero attached hydrogens (tertiary/aromatic N) is 1. The van der Waals surface area contributed by atoms with Crippen LogP contribution in [-0.2, 0) is 18.3 Å². The van der Waals surface area contributed by atoms with Gasteiger partial charge in [0, 0.05) is 24.0 Å². The van der Waals surface area contributed by atoms with Crippen LogP contribution in [0.15, 0.2) is 27.2 Å². The van der Waals surface area contributed by atoms with E-state index in [9.17, 15) is 19.3 Å². The van der Waals surface area contributed by atoms with Gasteiger partial charge in [0.2, 0.25) is 0 Å². The monoisotopic (exact) mass is 388 g/mol. The summed E-state index contributed by atoms with van der Waals surface area (Å²) in [5.74, 6) is 1.34. The van der Waals surface area contributed by atoms with Crippen molar-refractivity contribution < 1.29 is 23.5 Å². The minimum Gasteiger partial charge on any atom is -0.390 e. The number of rotatable bonds is 7. The van der Waals surface area contributed by atoms with Gasteiger partial charge in [0.25, 0.3) is 5.56 Å². The Balaban J connectivity index is 2.26. The Morgan fingerprint density at radius 2 is 2.04 bits per heavy atom. The molecule has 0 bridgehead atoms. The SMILES string of the molecule is CCOP(=O)(/C=C(\C)[C@H]1O[C@@H](n2cc(C)c(=O)[nH]c2=O)CC1O)OCC. The van der Waals surface area contributed by atoms with Crippen molar-refractivity contribution in [1.82, 2.24) is 9.55 Å². The Morgan fingerprint density at radius 3 is 2.62 bits per heavy atom. The minimum atomic E-state index is -3.44. The van der Waals surface area contributed by atoms with Gasteiger partial charge in [-0.15, -0.1) is 0 Å². The fourth-order valence-electron chi connectivity index (χ4n) is 2.83. The summed E-state index contributed by atoms with van der Waals surface area (Å²) in [5, 5.41) is 10.3. The molecule has 1 aromatic rings. The van der Waals surface area contributed by atoms with Crippen molar-refractivity contribution in [3.05, 3.63) is 44.0 Å². The van der Waals surface area contributed by atoms with Gasteiger partial charge in [-0.3, -0.25) is 18.9 Å².